The molecule has 0 aliphatic carbocycles. The molecule has 1 aromatic heterocycles. The zero-order chi connectivity index (χ0) is 8.81. The van der Waals surface area contributed by atoms with Crippen LogP contribution in [0.15, 0.2) is 18.5 Å². The van der Waals surface area contributed by atoms with Crippen LogP contribution < -0.4 is 5.32 Å². The summed E-state index contributed by atoms with van der Waals surface area (Å²) in [6.45, 7) is 3.17. The van der Waals surface area contributed by atoms with Crippen LogP contribution in [-0.4, -0.2) is 18.6 Å². The molecule has 0 aromatic carbocycles. The maximum Gasteiger partial charge on any atom is 0.0300 e. The maximum absolute atomic E-state index is 4.18. The van der Waals surface area contributed by atoms with E-state index in [1.807, 2.05) is 19.4 Å². The summed E-state index contributed by atoms with van der Waals surface area (Å²) in [5.74, 6) is 0. The first-order valence-corrected chi connectivity index (χ1v) is 4.44. The van der Waals surface area contributed by atoms with Gasteiger partial charge in [-0.15, -0.1) is 0 Å². The van der Waals surface area contributed by atoms with Crippen molar-refractivity contribution in [2.24, 2.45) is 0 Å². The minimum absolute atomic E-state index is 1.02. The Morgan fingerprint density at radius 2 is 2.08 bits per heavy atom. The Balaban J connectivity index is 2.60. The molecule has 1 aromatic rings. The van der Waals surface area contributed by atoms with E-state index in [0.717, 1.165) is 19.4 Å². The van der Waals surface area contributed by atoms with E-state index in [1.165, 1.54) is 11.1 Å². The van der Waals surface area contributed by atoms with Crippen molar-refractivity contribution in [1.29, 1.82) is 0 Å². The van der Waals surface area contributed by atoms with Crippen molar-refractivity contribution in [2.75, 3.05) is 13.6 Å². The summed E-state index contributed by atoms with van der Waals surface area (Å²) < 4.78 is 0. The van der Waals surface area contributed by atoms with Crippen LogP contribution in [0, 0.1) is 0 Å². The molecular formula is C10H16N2. The second-order valence-corrected chi connectivity index (χ2v) is 2.91. The molecule has 0 unspecified atom stereocenters. The molecule has 66 valence electrons. The molecule has 0 atom stereocenters. The van der Waals surface area contributed by atoms with E-state index in [0.29, 0.717) is 0 Å². The molecule has 0 aliphatic rings. The number of pyridine rings is 1. The lowest BCUT2D eigenvalue weighted by Gasteiger charge is -2.01. The number of aromatic nitrogens is 1. The molecule has 12 heavy (non-hydrogen) atoms. The van der Waals surface area contributed by atoms with E-state index in [-0.39, 0.29) is 0 Å². The van der Waals surface area contributed by atoms with Gasteiger partial charge in [-0.25, -0.2) is 0 Å². The van der Waals surface area contributed by atoms with E-state index >= 15 is 0 Å². The molecule has 0 saturated carbocycles. The Labute approximate surface area is 74.0 Å². The van der Waals surface area contributed by atoms with E-state index in [9.17, 15) is 0 Å². The molecule has 0 amide bonds. The van der Waals surface area contributed by atoms with Crippen LogP contribution in [-0.2, 0) is 12.8 Å². The second kappa shape index (κ2) is 4.88. The molecule has 0 bridgehead atoms. The fraction of sp³-hybridized carbons (Fsp3) is 0.500. The number of rotatable bonds is 4. The first kappa shape index (κ1) is 9.20. The highest BCUT2D eigenvalue weighted by molar-refractivity contribution is 5.18. The summed E-state index contributed by atoms with van der Waals surface area (Å²) in [5, 5.41) is 3.13. The maximum atomic E-state index is 4.18. The summed E-state index contributed by atoms with van der Waals surface area (Å²) in [6.07, 6.45) is 6.01. The topological polar surface area (TPSA) is 24.9 Å². The zero-order valence-electron chi connectivity index (χ0n) is 7.80. The molecule has 1 rings (SSSR count). The first-order valence-electron chi connectivity index (χ1n) is 4.44. The van der Waals surface area contributed by atoms with Crippen molar-refractivity contribution in [1.82, 2.24) is 10.3 Å². The Bertz CT molecular complexity index is 233. The monoisotopic (exact) mass is 164 g/mol. The average Bonchev–Trinajstić information content (AvgIpc) is 2.15. The van der Waals surface area contributed by atoms with Crippen LogP contribution in [0.25, 0.3) is 0 Å². The van der Waals surface area contributed by atoms with Gasteiger partial charge in [-0.2, -0.15) is 0 Å². The first-order chi connectivity index (χ1) is 5.86. The fourth-order valence-corrected chi connectivity index (χ4v) is 1.14. The van der Waals surface area contributed by atoms with Crippen LogP contribution in [0.5, 0.6) is 0 Å². The van der Waals surface area contributed by atoms with Crippen molar-refractivity contribution < 1.29 is 0 Å². The highest BCUT2D eigenvalue weighted by Gasteiger charge is 1.93. The van der Waals surface area contributed by atoms with Gasteiger partial charge in [0.2, 0.25) is 0 Å². The van der Waals surface area contributed by atoms with Crippen molar-refractivity contribution in [3.8, 4) is 0 Å². The third-order valence-corrected chi connectivity index (χ3v) is 1.92. The largest absolute Gasteiger partial charge is 0.319 e. The summed E-state index contributed by atoms with van der Waals surface area (Å²) >= 11 is 0. The van der Waals surface area contributed by atoms with Crippen LogP contribution in [0.1, 0.15) is 18.1 Å². The Hall–Kier alpha value is -0.890. The van der Waals surface area contributed by atoms with E-state index < -0.39 is 0 Å². The number of hydrogen-bond acceptors (Lipinski definition) is 2. The molecule has 0 fully saturated rings. The van der Waals surface area contributed by atoms with E-state index in [4.69, 9.17) is 0 Å². The molecule has 2 heteroatoms. The van der Waals surface area contributed by atoms with Gasteiger partial charge in [0, 0.05) is 12.4 Å². The predicted molar refractivity (Wildman–Crippen MR) is 51.2 cm³/mol. The lowest BCUT2D eigenvalue weighted by atomic mass is 10.1. The normalized spacial score (nSPS) is 10.2. The fourth-order valence-electron chi connectivity index (χ4n) is 1.14. The number of nitrogens with zero attached hydrogens (tertiary/aromatic N) is 1. The van der Waals surface area contributed by atoms with Gasteiger partial charge in [-0.3, -0.25) is 4.98 Å². The van der Waals surface area contributed by atoms with Crippen LogP contribution >= 0.6 is 0 Å². The molecule has 0 radical (unpaired) electrons. The van der Waals surface area contributed by atoms with Crippen molar-refractivity contribution in [3.63, 3.8) is 0 Å². The Morgan fingerprint density at radius 1 is 1.33 bits per heavy atom. The van der Waals surface area contributed by atoms with Crippen molar-refractivity contribution in [2.45, 2.75) is 19.8 Å². The van der Waals surface area contributed by atoms with Gasteiger partial charge in [0.15, 0.2) is 0 Å². The molecule has 0 spiro atoms. The van der Waals surface area contributed by atoms with Crippen LogP contribution in [0.3, 0.4) is 0 Å². The molecule has 1 heterocycles. The van der Waals surface area contributed by atoms with Gasteiger partial charge in [0.25, 0.3) is 0 Å². The summed E-state index contributed by atoms with van der Waals surface area (Å²) in [5.41, 5.74) is 2.65. The molecule has 1 N–H and O–H groups in total. The minimum Gasteiger partial charge on any atom is -0.319 e. The second-order valence-electron chi connectivity index (χ2n) is 2.91. The predicted octanol–water partition coefficient (Wildman–Crippen LogP) is 1.41. The van der Waals surface area contributed by atoms with Crippen molar-refractivity contribution >= 4 is 0 Å². The van der Waals surface area contributed by atoms with Gasteiger partial charge < -0.3 is 5.32 Å². The number of likely N-dealkylation sites (N-methyl/N-ethyl adjacent to an activating group) is 1. The average molecular weight is 164 g/mol. The molecular weight excluding hydrogens is 148 g/mol. The quantitative estimate of drug-likeness (QED) is 0.727. The minimum atomic E-state index is 1.02. The Morgan fingerprint density at radius 3 is 2.75 bits per heavy atom. The van der Waals surface area contributed by atoms with E-state index in [1.54, 1.807) is 0 Å². The lowest BCUT2D eigenvalue weighted by molar-refractivity contribution is 0.788. The van der Waals surface area contributed by atoms with Gasteiger partial charge in [-0.05, 0) is 37.6 Å². The number of nitrogens with one attached hydrogen (secondary N) is 1. The lowest BCUT2D eigenvalue weighted by Crippen LogP contribution is -2.10. The van der Waals surface area contributed by atoms with E-state index in [2.05, 4.69) is 23.3 Å². The van der Waals surface area contributed by atoms with Gasteiger partial charge in [0.05, 0.1) is 0 Å². The third kappa shape index (κ3) is 2.62. The van der Waals surface area contributed by atoms with Crippen LogP contribution in [0.4, 0.5) is 0 Å². The molecule has 0 saturated heterocycles. The molecule has 0 aliphatic heterocycles. The molecule has 2 nitrogen and oxygen atoms in total. The summed E-state index contributed by atoms with van der Waals surface area (Å²) in [4.78, 5) is 4.18. The Kier molecular flexibility index (Phi) is 3.74. The number of hydrogen-bond donors (Lipinski definition) is 1. The highest BCUT2D eigenvalue weighted by atomic mass is 14.8. The summed E-state index contributed by atoms with van der Waals surface area (Å²) in [6, 6.07) is 2.23. The third-order valence-electron chi connectivity index (χ3n) is 1.92. The summed E-state index contributed by atoms with van der Waals surface area (Å²) in [7, 11) is 1.97. The van der Waals surface area contributed by atoms with Crippen LogP contribution in [0.2, 0.25) is 0 Å². The van der Waals surface area contributed by atoms with Gasteiger partial charge in [0.1, 0.15) is 0 Å². The van der Waals surface area contributed by atoms with Gasteiger partial charge >= 0.3 is 0 Å². The SMILES string of the molecule is CCc1cncc(CCNC)c1. The van der Waals surface area contributed by atoms with Crippen molar-refractivity contribution in [3.05, 3.63) is 29.6 Å². The highest BCUT2D eigenvalue weighted by Crippen LogP contribution is 2.03. The smallest absolute Gasteiger partial charge is 0.0300 e. The van der Waals surface area contributed by atoms with Gasteiger partial charge in [-0.1, -0.05) is 13.0 Å². The number of aryl methyl sites for hydroxylation is 1. The standard InChI is InChI=1S/C10H16N2/c1-3-9-6-10(4-5-11-2)8-12-7-9/h6-8,11H,3-5H2,1-2H3. The zero-order valence-corrected chi connectivity index (χ0v) is 7.80.